The standard InChI is InChI=1S/C17H21N3O5S/c1-2-15-18-19-16(25-15)12-24-17(21)14-10-6-7-11-20(14)26(22,23)13-8-4-3-5-9-13/h3-5,8-9,14H,2,6-7,10-12H2,1H3. The predicted octanol–water partition coefficient (Wildman–Crippen LogP) is 1.92. The average molecular weight is 379 g/mol. The molecule has 0 radical (unpaired) electrons. The molecule has 1 saturated heterocycles. The Morgan fingerprint density at radius 3 is 2.65 bits per heavy atom. The van der Waals surface area contributed by atoms with Crippen molar-refractivity contribution in [1.82, 2.24) is 14.5 Å². The Kier molecular flexibility index (Phi) is 5.67. The third-order valence-electron chi connectivity index (χ3n) is 4.22. The van der Waals surface area contributed by atoms with Crippen LogP contribution in [0.3, 0.4) is 0 Å². The van der Waals surface area contributed by atoms with Gasteiger partial charge in [-0.15, -0.1) is 10.2 Å². The lowest BCUT2D eigenvalue weighted by Crippen LogP contribution is -2.48. The number of sulfonamides is 1. The molecule has 8 nitrogen and oxygen atoms in total. The van der Waals surface area contributed by atoms with Gasteiger partial charge in [0.15, 0.2) is 6.61 Å². The maximum absolute atomic E-state index is 12.9. The molecule has 0 N–H and O–H groups in total. The third kappa shape index (κ3) is 3.94. The highest BCUT2D eigenvalue weighted by Crippen LogP contribution is 2.26. The fraction of sp³-hybridized carbons (Fsp3) is 0.471. The molecule has 3 rings (SSSR count). The summed E-state index contributed by atoms with van der Waals surface area (Å²) in [6.45, 7) is 2.00. The molecule has 0 bridgehead atoms. The maximum Gasteiger partial charge on any atom is 0.324 e. The number of hydrogen-bond donors (Lipinski definition) is 0. The summed E-state index contributed by atoms with van der Waals surface area (Å²) in [5.41, 5.74) is 0. The molecular weight excluding hydrogens is 358 g/mol. The molecule has 2 heterocycles. The van der Waals surface area contributed by atoms with E-state index in [1.807, 2.05) is 6.92 Å². The van der Waals surface area contributed by atoms with Crippen LogP contribution in [0.1, 0.15) is 38.0 Å². The van der Waals surface area contributed by atoms with Crippen LogP contribution in [0.15, 0.2) is 39.6 Å². The van der Waals surface area contributed by atoms with Crippen molar-refractivity contribution >= 4 is 16.0 Å². The summed E-state index contributed by atoms with van der Waals surface area (Å²) in [5, 5.41) is 7.60. The fourth-order valence-electron chi connectivity index (χ4n) is 2.87. The molecule has 1 aromatic carbocycles. The number of rotatable bonds is 6. The van der Waals surface area contributed by atoms with E-state index >= 15 is 0 Å². The minimum atomic E-state index is -3.76. The van der Waals surface area contributed by atoms with Crippen molar-refractivity contribution < 1.29 is 22.4 Å². The smallest absolute Gasteiger partial charge is 0.324 e. The van der Waals surface area contributed by atoms with Gasteiger partial charge in [-0.3, -0.25) is 4.79 Å². The van der Waals surface area contributed by atoms with Crippen molar-refractivity contribution in [2.24, 2.45) is 0 Å². The number of piperidine rings is 1. The minimum absolute atomic E-state index is 0.165. The van der Waals surface area contributed by atoms with Crippen LogP contribution in [0.25, 0.3) is 0 Å². The Morgan fingerprint density at radius 1 is 1.23 bits per heavy atom. The van der Waals surface area contributed by atoms with Gasteiger partial charge in [-0.05, 0) is 31.4 Å². The summed E-state index contributed by atoms with van der Waals surface area (Å²) < 4.78 is 37.6. The van der Waals surface area contributed by atoms with E-state index in [-0.39, 0.29) is 23.9 Å². The zero-order chi connectivity index (χ0) is 18.6. The second-order valence-corrected chi connectivity index (χ2v) is 7.88. The number of nitrogens with zero attached hydrogens (tertiary/aromatic N) is 3. The lowest BCUT2D eigenvalue weighted by atomic mass is 10.1. The molecule has 1 aliphatic heterocycles. The summed E-state index contributed by atoms with van der Waals surface area (Å²) in [6, 6.07) is 7.27. The summed E-state index contributed by atoms with van der Waals surface area (Å²) >= 11 is 0. The largest absolute Gasteiger partial charge is 0.454 e. The number of hydrogen-bond acceptors (Lipinski definition) is 7. The van der Waals surface area contributed by atoms with E-state index in [4.69, 9.17) is 9.15 Å². The van der Waals surface area contributed by atoms with Crippen LogP contribution < -0.4 is 0 Å². The Morgan fingerprint density at radius 2 is 1.96 bits per heavy atom. The van der Waals surface area contributed by atoms with E-state index in [9.17, 15) is 13.2 Å². The third-order valence-corrected chi connectivity index (χ3v) is 6.15. The van der Waals surface area contributed by atoms with Gasteiger partial charge in [0.1, 0.15) is 6.04 Å². The van der Waals surface area contributed by atoms with Crippen LogP contribution in [0.4, 0.5) is 0 Å². The van der Waals surface area contributed by atoms with Crippen molar-refractivity contribution in [3.05, 3.63) is 42.1 Å². The number of benzene rings is 1. The summed E-state index contributed by atoms with van der Waals surface area (Å²) in [6.07, 6.45) is 2.49. The first-order valence-corrected chi connectivity index (χ1v) is 10.0. The first-order valence-electron chi connectivity index (χ1n) is 8.57. The van der Waals surface area contributed by atoms with Crippen LogP contribution in [-0.2, 0) is 32.6 Å². The Balaban J connectivity index is 1.73. The zero-order valence-corrected chi connectivity index (χ0v) is 15.3. The molecule has 1 unspecified atom stereocenters. The normalized spacial score (nSPS) is 18.6. The number of carbonyl (C=O) groups excluding carboxylic acids is 1. The van der Waals surface area contributed by atoms with Gasteiger partial charge in [0.2, 0.25) is 15.9 Å². The molecular formula is C17H21N3O5S. The number of esters is 1. The highest BCUT2D eigenvalue weighted by atomic mass is 32.2. The molecule has 9 heteroatoms. The van der Waals surface area contributed by atoms with Gasteiger partial charge in [0.05, 0.1) is 4.90 Å². The van der Waals surface area contributed by atoms with Crippen LogP contribution >= 0.6 is 0 Å². The molecule has 26 heavy (non-hydrogen) atoms. The van der Waals surface area contributed by atoms with Crippen LogP contribution in [0, 0.1) is 0 Å². The summed E-state index contributed by atoms with van der Waals surface area (Å²) in [7, 11) is -3.76. The van der Waals surface area contributed by atoms with Crippen molar-refractivity contribution in [2.75, 3.05) is 6.54 Å². The lowest BCUT2D eigenvalue weighted by molar-refractivity contribution is -0.151. The number of aryl methyl sites for hydroxylation is 1. The van der Waals surface area contributed by atoms with Gasteiger partial charge >= 0.3 is 5.97 Å². The molecule has 1 aliphatic rings. The quantitative estimate of drug-likeness (QED) is 0.706. The molecule has 1 atom stereocenters. The topological polar surface area (TPSA) is 103 Å². The number of carbonyl (C=O) groups is 1. The molecule has 1 aromatic heterocycles. The Hall–Kier alpha value is -2.26. The molecule has 0 amide bonds. The van der Waals surface area contributed by atoms with E-state index in [1.165, 1.54) is 16.4 Å². The SMILES string of the molecule is CCc1nnc(COC(=O)C2CCCCN2S(=O)(=O)c2ccccc2)o1. The molecule has 0 spiro atoms. The highest BCUT2D eigenvalue weighted by Gasteiger charge is 2.38. The van der Waals surface area contributed by atoms with Crippen molar-refractivity contribution in [2.45, 2.75) is 50.2 Å². The average Bonchev–Trinajstić information content (AvgIpc) is 3.15. The monoisotopic (exact) mass is 379 g/mol. The molecule has 1 fully saturated rings. The zero-order valence-electron chi connectivity index (χ0n) is 14.5. The van der Waals surface area contributed by atoms with Gasteiger partial charge in [0, 0.05) is 13.0 Å². The Bertz CT molecular complexity index is 850. The van der Waals surface area contributed by atoms with Gasteiger partial charge in [-0.2, -0.15) is 4.31 Å². The number of aromatic nitrogens is 2. The van der Waals surface area contributed by atoms with E-state index in [2.05, 4.69) is 10.2 Å². The van der Waals surface area contributed by atoms with E-state index in [0.29, 0.717) is 25.2 Å². The van der Waals surface area contributed by atoms with Crippen molar-refractivity contribution in [1.29, 1.82) is 0 Å². The molecule has 140 valence electrons. The second kappa shape index (κ2) is 7.96. The maximum atomic E-state index is 12.9. The molecule has 0 saturated carbocycles. The number of ether oxygens (including phenoxy) is 1. The van der Waals surface area contributed by atoms with Crippen molar-refractivity contribution in [3.8, 4) is 0 Å². The molecule has 2 aromatic rings. The van der Waals surface area contributed by atoms with Gasteiger partial charge < -0.3 is 9.15 Å². The first kappa shape index (κ1) is 18.5. The predicted molar refractivity (Wildman–Crippen MR) is 91.4 cm³/mol. The van der Waals surface area contributed by atoms with Crippen molar-refractivity contribution in [3.63, 3.8) is 0 Å². The van der Waals surface area contributed by atoms with Crippen LogP contribution in [0.5, 0.6) is 0 Å². The lowest BCUT2D eigenvalue weighted by Gasteiger charge is -2.32. The second-order valence-electron chi connectivity index (χ2n) is 5.99. The van der Waals surface area contributed by atoms with Crippen LogP contribution in [-0.4, -0.2) is 41.5 Å². The Labute approximate surface area is 152 Å². The van der Waals surface area contributed by atoms with Gasteiger partial charge in [-0.25, -0.2) is 8.42 Å². The highest BCUT2D eigenvalue weighted by molar-refractivity contribution is 7.89. The van der Waals surface area contributed by atoms with E-state index < -0.39 is 22.0 Å². The van der Waals surface area contributed by atoms with Crippen LogP contribution in [0.2, 0.25) is 0 Å². The van der Waals surface area contributed by atoms with E-state index in [0.717, 1.165) is 6.42 Å². The fourth-order valence-corrected chi connectivity index (χ4v) is 4.54. The summed E-state index contributed by atoms with van der Waals surface area (Å²) in [5.74, 6) is 0.0610. The van der Waals surface area contributed by atoms with Gasteiger partial charge in [-0.1, -0.05) is 25.1 Å². The van der Waals surface area contributed by atoms with Gasteiger partial charge in [0.25, 0.3) is 5.89 Å². The first-order chi connectivity index (χ1) is 12.5. The molecule has 0 aliphatic carbocycles. The van der Waals surface area contributed by atoms with E-state index in [1.54, 1.807) is 18.2 Å². The minimum Gasteiger partial charge on any atom is -0.454 e. The summed E-state index contributed by atoms with van der Waals surface area (Å²) in [4.78, 5) is 12.7.